The van der Waals surface area contributed by atoms with Crippen molar-refractivity contribution in [3.63, 3.8) is 0 Å². The fourth-order valence-corrected chi connectivity index (χ4v) is 1.79. The van der Waals surface area contributed by atoms with E-state index in [9.17, 15) is 15.0 Å². The van der Waals surface area contributed by atoms with Crippen LogP contribution in [0.5, 0.6) is 0 Å². The first-order chi connectivity index (χ1) is 9.58. The zero-order chi connectivity index (χ0) is 14.6. The Balaban J connectivity index is 2.21. The average molecular weight is 274 g/mol. The van der Waals surface area contributed by atoms with Gasteiger partial charge in [-0.1, -0.05) is 6.07 Å². The molecule has 0 aliphatic carbocycles. The maximum atomic E-state index is 12.2. The normalized spacial score (nSPS) is 11.3. The number of amides is 1. The van der Waals surface area contributed by atoms with Crippen LogP contribution >= 0.6 is 0 Å². The molecule has 0 spiro atoms. The lowest BCUT2D eigenvalue weighted by Gasteiger charge is -2.26. The summed E-state index contributed by atoms with van der Waals surface area (Å²) < 4.78 is 1.90. The number of carbonyl (C=O) groups excluding carboxylic acids is 1. The molecule has 1 aromatic heterocycles. The second-order valence-corrected chi connectivity index (χ2v) is 4.97. The first-order valence-electron chi connectivity index (χ1n) is 6.36. The third kappa shape index (κ3) is 3.07. The van der Waals surface area contributed by atoms with Gasteiger partial charge in [0.25, 0.3) is 5.91 Å². The molecular weight excluding hydrogens is 256 g/mol. The molecule has 2 rings (SSSR count). The number of nitrogens with one attached hydrogen (secondary N) is 1. The SMILES string of the molecule is CC(CO)(CO)NC(=O)c1cccc(-n2cccc2)c1. The molecule has 2 aromatic rings. The Bertz CT molecular complexity index is 575. The summed E-state index contributed by atoms with van der Waals surface area (Å²) in [6, 6.07) is 10.9. The van der Waals surface area contributed by atoms with Gasteiger partial charge in [-0.05, 0) is 37.3 Å². The standard InChI is InChI=1S/C15H18N2O3/c1-15(10-18,11-19)16-14(20)12-5-4-6-13(9-12)17-7-2-3-8-17/h2-9,18-19H,10-11H2,1H3,(H,16,20). The monoisotopic (exact) mass is 274 g/mol. The Kier molecular flexibility index (Phi) is 4.22. The quantitative estimate of drug-likeness (QED) is 0.760. The molecule has 3 N–H and O–H groups in total. The van der Waals surface area contributed by atoms with Crippen LogP contribution in [-0.4, -0.2) is 39.4 Å². The van der Waals surface area contributed by atoms with Crippen LogP contribution in [0.4, 0.5) is 0 Å². The number of nitrogens with zero attached hydrogens (tertiary/aromatic N) is 1. The van der Waals surface area contributed by atoms with E-state index in [-0.39, 0.29) is 19.1 Å². The molecule has 1 heterocycles. The summed E-state index contributed by atoms with van der Waals surface area (Å²) in [6.07, 6.45) is 3.78. The number of hydrogen-bond donors (Lipinski definition) is 3. The van der Waals surface area contributed by atoms with Crippen molar-refractivity contribution in [2.45, 2.75) is 12.5 Å². The van der Waals surface area contributed by atoms with Gasteiger partial charge in [-0.15, -0.1) is 0 Å². The highest BCUT2D eigenvalue weighted by Gasteiger charge is 2.25. The molecule has 1 amide bonds. The minimum absolute atomic E-state index is 0.327. The Morgan fingerprint density at radius 2 is 1.85 bits per heavy atom. The fraction of sp³-hybridized carbons (Fsp3) is 0.267. The maximum absolute atomic E-state index is 12.2. The molecule has 0 fully saturated rings. The van der Waals surface area contributed by atoms with E-state index in [0.717, 1.165) is 5.69 Å². The fourth-order valence-electron chi connectivity index (χ4n) is 1.79. The summed E-state index contributed by atoms with van der Waals surface area (Å²) >= 11 is 0. The van der Waals surface area contributed by atoms with Crippen LogP contribution in [0, 0.1) is 0 Å². The Hall–Kier alpha value is -2.11. The van der Waals surface area contributed by atoms with Crippen LogP contribution in [0.25, 0.3) is 5.69 Å². The second kappa shape index (κ2) is 5.90. The zero-order valence-corrected chi connectivity index (χ0v) is 11.3. The van der Waals surface area contributed by atoms with Gasteiger partial charge >= 0.3 is 0 Å². The highest BCUT2D eigenvalue weighted by atomic mass is 16.3. The third-order valence-corrected chi connectivity index (χ3v) is 3.12. The van der Waals surface area contributed by atoms with Crippen LogP contribution in [0.15, 0.2) is 48.8 Å². The molecule has 106 valence electrons. The summed E-state index contributed by atoms with van der Waals surface area (Å²) in [4.78, 5) is 12.2. The van der Waals surface area contributed by atoms with Crippen LogP contribution in [0.3, 0.4) is 0 Å². The zero-order valence-electron chi connectivity index (χ0n) is 11.3. The molecular formula is C15H18N2O3. The van der Waals surface area contributed by atoms with E-state index in [2.05, 4.69) is 5.32 Å². The lowest BCUT2D eigenvalue weighted by atomic mass is 10.0. The summed E-state index contributed by atoms with van der Waals surface area (Å²) in [5.74, 6) is -0.329. The van der Waals surface area contributed by atoms with Crippen molar-refractivity contribution in [3.05, 3.63) is 54.4 Å². The molecule has 5 heteroatoms. The lowest BCUT2D eigenvalue weighted by molar-refractivity contribution is 0.0724. The van der Waals surface area contributed by atoms with Crippen molar-refractivity contribution in [3.8, 4) is 5.69 Å². The van der Waals surface area contributed by atoms with Crippen molar-refractivity contribution in [2.75, 3.05) is 13.2 Å². The number of aliphatic hydroxyl groups is 2. The van der Waals surface area contributed by atoms with Gasteiger partial charge in [0.2, 0.25) is 0 Å². The molecule has 20 heavy (non-hydrogen) atoms. The Morgan fingerprint density at radius 3 is 2.45 bits per heavy atom. The van der Waals surface area contributed by atoms with Crippen LogP contribution in [0.1, 0.15) is 17.3 Å². The van der Waals surface area contributed by atoms with Gasteiger partial charge in [0.1, 0.15) is 0 Å². The van der Waals surface area contributed by atoms with Gasteiger partial charge in [0.05, 0.1) is 18.8 Å². The number of aliphatic hydroxyl groups excluding tert-OH is 2. The van der Waals surface area contributed by atoms with E-state index in [1.165, 1.54) is 0 Å². The smallest absolute Gasteiger partial charge is 0.251 e. The van der Waals surface area contributed by atoms with E-state index < -0.39 is 5.54 Å². The first-order valence-corrected chi connectivity index (χ1v) is 6.36. The highest BCUT2D eigenvalue weighted by Crippen LogP contribution is 2.12. The lowest BCUT2D eigenvalue weighted by Crippen LogP contribution is -2.51. The van der Waals surface area contributed by atoms with Crippen molar-refractivity contribution in [2.24, 2.45) is 0 Å². The topological polar surface area (TPSA) is 74.5 Å². The molecule has 0 bridgehead atoms. The maximum Gasteiger partial charge on any atom is 0.251 e. The van der Waals surface area contributed by atoms with Crippen molar-refractivity contribution in [1.82, 2.24) is 9.88 Å². The second-order valence-electron chi connectivity index (χ2n) is 4.97. The van der Waals surface area contributed by atoms with Gasteiger partial charge in [0, 0.05) is 23.6 Å². The Labute approximate surface area is 117 Å². The predicted octanol–water partition coefficient (Wildman–Crippen LogP) is 0.950. The third-order valence-electron chi connectivity index (χ3n) is 3.12. The summed E-state index contributed by atoms with van der Waals surface area (Å²) in [7, 11) is 0. The summed E-state index contributed by atoms with van der Waals surface area (Å²) in [6.45, 7) is 0.930. The minimum atomic E-state index is -1.03. The first kappa shape index (κ1) is 14.3. The van der Waals surface area contributed by atoms with Crippen molar-refractivity contribution >= 4 is 5.91 Å². The van der Waals surface area contributed by atoms with E-state index >= 15 is 0 Å². The van der Waals surface area contributed by atoms with E-state index in [4.69, 9.17) is 0 Å². The van der Waals surface area contributed by atoms with Gasteiger partial charge in [-0.3, -0.25) is 4.79 Å². The molecule has 0 radical (unpaired) electrons. The van der Waals surface area contributed by atoms with Crippen LogP contribution in [-0.2, 0) is 0 Å². The number of carbonyl (C=O) groups is 1. The summed E-state index contributed by atoms with van der Waals surface area (Å²) in [5.41, 5.74) is 0.322. The average Bonchev–Trinajstić information content (AvgIpc) is 3.01. The van der Waals surface area contributed by atoms with Crippen LogP contribution in [0.2, 0.25) is 0 Å². The summed E-state index contributed by atoms with van der Waals surface area (Å²) in [5, 5.41) is 21.0. The molecule has 5 nitrogen and oxygen atoms in total. The van der Waals surface area contributed by atoms with E-state index in [0.29, 0.717) is 5.56 Å². The van der Waals surface area contributed by atoms with Gasteiger partial charge in [-0.2, -0.15) is 0 Å². The largest absolute Gasteiger partial charge is 0.394 e. The number of benzene rings is 1. The highest BCUT2D eigenvalue weighted by molar-refractivity contribution is 5.95. The molecule has 0 aliphatic rings. The number of hydrogen-bond acceptors (Lipinski definition) is 3. The molecule has 0 aliphatic heterocycles. The molecule has 0 saturated heterocycles. The van der Waals surface area contributed by atoms with Gasteiger partial charge < -0.3 is 20.1 Å². The molecule has 0 atom stereocenters. The van der Waals surface area contributed by atoms with Gasteiger partial charge in [-0.25, -0.2) is 0 Å². The molecule has 1 aromatic carbocycles. The molecule has 0 saturated carbocycles. The minimum Gasteiger partial charge on any atom is -0.394 e. The molecule has 0 unspecified atom stereocenters. The number of aromatic nitrogens is 1. The number of rotatable bonds is 5. The van der Waals surface area contributed by atoms with Crippen molar-refractivity contribution < 1.29 is 15.0 Å². The predicted molar refractivity (Wildman–Crippen MR) is 75.8 cm³/mol. The Morgan fingerprint density at radius 1 is 1.20 bits per heavy atom. The van der Waals surface area contributed by atoms with E-state index in [1.54, 1.807) is 25.1 Å². The van der Waals surface area contributed by atoms with E-state index in [1.807, 2.05) is 35.2 Å². The van der Waals surface area contributed by atoms with Gasteiger partial charge in [0.15, 0.2) is 0 Å². The van der Waals surface area contributed by atoms with Crippen LogP contribution < -0.4 is 5.32 Å². The van der Waals surface area contributed by atoms with Crippen molar-refractivity contribution in [1.29, 1.82) is 0 Å².